The summed E-state index contributed by atoms with van der Waals surface area (Å²) in [5.41, 5.74) is 4.71. The molecule has 2 amide bonds. The van der Waals surface area contributed by atoms with Gasteiger partial charge in [-0.25, -0.2) is 9.18 Å². The second-order valence-corrected chi connectivity index (χ2v) is 10.9. The lowest BCUT2D eigenvalue weighted by Gasteiger charge is -2.36. The van der Waals surface area contributed by atoms with Crippen molar-refractivity contribution in [2.24, 2.45) is 5.92 Å². The summed E-state index contributed by atoms with van der Waals surface area (Å²) in [4.78, 5) is 23.8. The first-order valence-electron chi connectivity index (χ1n) is 13.3. The lowest BCUT2D eigenvalue weighted by atomic mass is 9.79. The zero-order chi connectivity index (χ0) is 27.9. The van der Waals surface area contributed by atoms with E-state index in [4.69, 9.17) is 23.2 Å². The van der Waals surface area contributed by atoms with Crippen LogP contribution in [0.25, 0.3) is 11.1 Å². The van der Waals surface area contributed by atoms with Crippen molar-refractivity contribution in [2.45, 2.75) is 25.3 Å². The Bertz CT molecular complexity index is 1430. The minimum absolute atomic E-state index is 0.0382. The number of likely N-dealkylation sites (tertiary alicyclic amines) is 1. The highest BCUT2D eigenvalue weighted by atomic mass is 35.5. The van der Waals surface area contributed by atoms with Crippen molar-refractivity contribution in [2.75, 3.05) is 25.0 Å². The molecule has 0 spiro atoms. The van der Waals surface area contributed by atoms with Crippen LogP contribution in [0.2, 0.25) is 10.0 Å². The van der Waals surface area contributed by atoms with Gasteiger partial charge in [0.15, 0.2) is 0 Å². The highest BCUT2D eigenvalue weighted by molar-refractivity contribution is 6.31. The van der Waals surface area contributed by atoms with Gasteiger partial charge in [0.05, 0.1) is 10.7 Å². The van der Waals surface area contributed by atoms with E-state index in [0.717, 1.165) is 49.3 Å². The Morgan fingerprint density at radius 3 is 2.50 bits per heavy atom. The Balaban J connectivity index is 1.28. The molecule has 2 N–H and O–H groups in total. The number of nitrogens with zero attached hydrogens (tertiary/aromatic N) is 3. The van der Waals surface area contributed by atoms with E-state index in [1.54, 1.807) is 12.4 Å². The van der Waals surface area contributed by atoms with Crippen molar-refractivity contribution in [1.29, 1.82) is 0 Å². The molecule has 1 unspecified atom stereocenters. The maximum absolute atomic E-state index is 13.5. The minimum Gasteiger partial charge on any atom is -0.337 e. The van der Waals surface area contributed by atoms with Crippen molar-refractivity contribution in [3.8, 4) is 11.1 Å². The number of anilines is 1. The van der Waals surface area contributed by atoms with Gasteiger partial charge in [0.25, 0.3) is 0 Å². The van der Waals surface area contributed by atoms with Crippen molar-refractivity contribution >= 4 is 34.9 Å². The molecule has 6 nitrogen and oxygen atoms in total. The molecule has 206 valence electrons. The molecule has 1 aliphatic heterocycles. The van der Waals surface area contributed by atoms with E-state index in [9.17, 15) is 9.18 Å². The zero-order valence-electron chi connectivity index (χ0n) is 21.9. The third-order valence-corrected chi connectivity index (χ3v) is 7.89. The first-order valence-corrected chi connectivity index (χ1v) is 14.0. The fourth-order valence-electron chi connectivity index (χ4n) is 5.25. The minimum atomic E-state index is -0.528. The molecule has 40 heavy (non-hydrogen) atoms. The Morgan fingerprint density at radius 2 is 1.80 bits per heavy atom. The van der Waals surface area contributed by atoms with Gasteiger partial charge in [-0.3, -0.25) is 14.9 Å². The first-order chi connectivity index (χ1) is 19.4. The van der Waals surface area contributed by atoms with Crippen LogP contribution in [0.15, 0.2) is 85.3 Å². The molecule has 5 rings (SSSR count). The van der Waals surface area contributed by atoms with Crippen LogP contribution in [-0.2, 0) is 6.54 Å². The number of aromatic nitrogens is 2. The highest BCUT2D eigenvalue weighted by Gasteiger charge is 2.28. The van der Waals surface area contributed by atoms with E-state index in [1.807, 2.05) is 30.5 Å². The molecule has 1 atom stereocenters. The van der Waals surface area contributed by atoms with Crippen molar-refractivity contribution in [3.05, 3.63) is 112 Å². The number of carbonyl (C=O) groups is 1. The van der Waals surface area contributed by atoms with E-state index in [-0.39, 0.29) is 17.0 Å². The number of halogens is 3. The molecule has 9 heteroatoms. The topological polar surface area (TPSA) is 70.2 Å². The maximum Gasteiger partial charge on any atom is 0.319 e. The van der Waals surface area contributed by atoms with Gasteiger partial charge in [0, 0.05) is 48.3 Å². The van der Waals surface area contributed by atoms with Crippen LogP contribution in [-0.4, -0.2) is 40.5 Å². The number of piperidine rings is 1. The van der Waals surface area contributed by atoms with Gasteiger partial charge in [-0.05, 0) is 78.9 Å². The summed E-state index contributed by atoms with van der Waals surface area (Å²) in [7, 11) is 0. The van der Waals surface area contributed by atoms with Crippen LogP contribution >= 0.6 is 23.2 Å². The van der Waals surface area contributed by atoms with Crippen LogP contribution in [0, 0.1) is 11.7 Å². The summed E-state index contributed by atoms with van der Waals surface area (Å²) in [5.74, 6) is -0.0233. The molecular formula is C31H30Cl2FN5O. The van der Waals surface area contributed by atoms with Crippen molar-refractivity contribution < 1.29 is 9.18 Å². The number of amides is 2. The van der Waals surface area contributed by atoms with Gasteiger partial charge in [0.2, 0.25) is 0 Å². The molecule has 3 aromatic carbocycles. The third kappa shape index (κ3) is 7.36. The number of nitrogens with one attached hydrogen (secondary N) is 2. The molecule has 1 aliphatic rings. The standard InChI is InChI=1S/C31H30Cl2FN5O/c32-25-3-1-2-24(16-25)21-4-6-22(7-5-21)28(19-37-31(40)38-26-8-9-30(34)29(33)17-26)23-10-14-39(15-11-23)20-27-18-35-12-13-36-27/h1-9,12-13,16-18,23,28H,10-11,14-15,19-20H2,(H2,37,38,40). The molecule has 0 radical (unpaired) electrons. The first kappa shape index (κ1) is 28.0. The SMILES string of the molecule is O=C(NCC(c1ccc(-c2cccc(Cl)c2)cc1)C1CCN(Cc2cnccn2)CC1)Nc1ccc(F)c(Cl)c1. The normalized spacial score (nSPS) is 15.0. The van der Waals surface area contributed by atoms with Crippen molar-refractivity contribution in [3.63, 3.8) is 0 Å². The maximum atomic E-state index is 13.5. The Hall–Kier alpha value is -3.52. The predicted molar refractivity (Wildman–Crippen MR) is 158 cm³/mol. The monoisotopic (exact) mass is 577 g/mol. The van der Waals surface area contributed by atoms with Crippen LogP contribution < -0.4 is 10.6 Å². The summed E-state index contributed by atoms with van der Waals surface area (Å²) in [5, 5.41) is 6.45. The smallest absolute Gasteiger partial charge is 0.319 e. The van der Waals surface area contributed by atoms with E-state index < -0.39 is 5.82 Å². The number of carbonyl (C=O) groups excluding carboxylic acids is 1. The molecule has 1 fully saturated rings. The summed E-state index contributed by atoms with van der Waals surface area (Å²) < 4.78 is 13.5. The Kier molecular flexibility index (Phi) is 9.26. The Morgan fingerprint density at radius 1 is 1.00 bits per heavy atom. The predicted octanol–water partition coefficient (Wildman–Crippen LogP) is 7.41. The van der Waals surface area contributed by atoms with Crippen LogP contribution in [0.1, 0.15) is 30.0 Å². The van der Waals surface area contributed by atoms with Crippen molar-refractivity contribution in [1.82, 2.24) is 20.2 Å². The molecule has 2 heterocycles. The highest BCUT2D eigenvalue weighted by Crippen LogP contribution is 2.34. The van der Waals surface area contributed by atoms with E-state index in [2.05, 4.69) is 49.8 Å². The zero-order valence-corrected chi connectivity index (χ0v) is 23.4. The van der Waals surface area contributed by atoms with Crippen LogP contribution in [0.4, 0.5) is 14.9 Å². The van der Waals surface area contributed by atoms with Crippen LogP contribution in [0.5, 0.6) is 0 Å². The molecular weight excluding hydrogens is 548 g/mol. The molecule has 1 aromatic heterocycles. The second kappa shape index (κ2) is 13.2. The van der Waals surface area contributed by atoms with E-state index >= 15 is 0 Å². The molecule has 0 aliphatic carbocycles. The van der Waals surface area contributed by atoms with E-state index in [0.29, 0.717) is 23.2 Å². The Labute approximate surface area is 243 Å². The molecule has 4 aromatic rings. The largest absolute Gasteiger partial charge is 0.337 e. The molecule has 0 bridgehead atoms. The summed E-state index contributed by atoms with van der Waals surface area (Å²) in [6, 6.07) is 20.1. The van der Waals surface area contributed by atoms with E-state index in [1.165, 1.54) is 23.8 Å². The lowest BCUT2D eigenvalue weighted by molar-refractivity contribution is 0.159. The summed E-state index contributed by atoms with van der Waals surface area (Å²) >= 11 is 12.1. The summed E-state index contributed by atoms with van der Waals surface area (Å²) in [6.45, 7) is 3.13. The number of hydrogen-bond acceptors (Lipinski definition) is 4. The van der Waals surface area contributed by atoms with Gasteiger partial charge in [0.1, 0.15) is 5.82 Å². The van der Waals surface area contributed by atoms with Gasteiger partial charge in [-0.1, -0.05) is 59.6 Å². The molecule has 0 saturated carbocycles. The number of benzene rings is 3. The molecule has 1 saturated heterocycles. The van der Waals surface area contributed by atoms with Gasteiger partial charge in [-0.15, -0.1) is 0 Å². The quantitative estimate of drug-likeness (QED) is 0.229. The third-order valence-electron chi connectivity index (χ3n) is 7.36. The van der Waals surface area contributed by atoms with Gasteiger partial charge >= 0.3 is 6.03 Å². The fourth-order valence-corrected chi connectivity index (χ4v) is 5.62. The van der Waals surface area contributed by atoms with Crippen LogP contribution in [0.3, 0.4) is 0 Å². The van der Waals surface area contributed by atoms with Gasteiger partial charge < -0.3 is 10.6 Å². The number of urea groups is 1. The average molecular weight is 579 g/mol. The lowest BCUT2D eigenvalue weighted by Crippen LogP contribution is -2.39. The average Bonchev–Trinajstić information content (AvgIpc) is 2.97. The summed E-state index contributed by atoms with van der Waals surface area (Å²) in [6.07, 6.45) is 7.22. The number of rotatable bonds is 8. The second-order valence-electron chi connectivity index (χ2n) is 10.0. The van der Waals surface area contributed by atoms with Gasteiger partial charge in [-0.2, -0.15) is 0 Å². The fraction of sp³-hybridized carbons (Fsp3) is 0.258. The number of hydrogen-bond donors (Lipinski definition) is 2.